The average molecular weight is 348 g/mol. The van der Waals surface area contributed by atoms with Crippen molar-refractivity contribution >= 4 is 22.4 Å². The van der Waals surface area contributed by atoms with E-state index in [-0.39, 0.29) is 0 Å². The van der Waals surface area contributed by atoms with Crippen molar-refractivity contribution in [3.8, 4) is 11.5 Å². The first-order valence-electron chi connectivity index (χ1n) is 8.29. The molecule has 1 saturated heterocycles. The van der Waals surface area contributed by atoms with Crippen LogP contribution in [0.5, 0.6) is 11.5 Å². The van der Waals surface area contributed by atoms with Crippen molar-refractivity contribution in [3.63, 3.8) is 0 Å². The van der Waals surface area contributed by atoms with Crippen LogP contribution in [0.25, 0.3) is 0 Å². The topological polar surface area (TPSA) is 59.5 Å². The number of nitrogens with one attached hydrogen (secondary N) is 1. The van der Waals surface area contributed by atoms with Gasteiger partial charge in [-0.25, -0.2) is 4.98 Å². The van der Waals surface area contributed by atoms with Crippen molar-refractivity contribution in [2.45, 2.75) is 32.2 Å². The molecule has 0 radical (unpaired) electrons. The Morgan fingerprint density at radius 1 is 1.17 bits per heavy atom. The molecule has 24 heavy (non-hydrogen) atoms. The number of anilines is 2. The number of piperidine rings is 1. The van der Waals surface area contributed by atoms with Crippen molar-refractivity contribution in [1.82, 2.24) is 9.36 Å². The van der Waals surface area contributed by atoms with Crippen LogP contribution in [-0.2, 0) is 6.42 Å². The fourth-order valence-electron chi connectivity index (χ4n) is 2.86. The van der Waals surface area contributed by atoms with E-state index >= 15 is 0 Å². The van der Waals surface area contributed by atoms with Crippen molar-refractivity contribution in [3.05, 3.63) is 24.0 Å². The van der Waals surface area contributed by atoms with Crippen molar-refractivity contribution < 1.29 is 9.47 Å². The van der Waals surface area contributed by atoms with Gasteiger partial charge in [0, 0.05) is 61.0 Å². The zero-order chi connectivity index (χ0) is 16.9. The SMILES string of the molecule is CCc1nsc(N2CCC(Nc3cc(OC)cc(OC)c3)CC2)n1. The second-order valence-electron chi connectivity index (χ2n) is 5.85. The van der Waals surface area contributed by atoms with Gasteiger partial charge in [-0.05, 0) is 12.8 Å². The van der Waals surface area contributed by atoms with E-state index in [4.69, 9.17) is 9.47 Å². The van der Waals surface area contributed by atoms with E-state index in [0.717, 1.165) is 60.5 Å². The van der Waals surface area contributed by atoms with Gasteiger partial charge in [-0.15, -0.1) is 0 Å². The largest absolute Gasteiger partial charge is 0.497 e. The third kappa shape index (κ3) is 3.90. The van der Waals surface area contributed by atoms with Crippen molar-refractivity contribution in [2.75, 3.05) is 37.5 Å². The minimum atomic E-state index is 0.441. The number of methoxy groups -OCH3 is 2. The average Bonchev–Trinajstić information content (AvgIpc) is 3.11. The maximum atomic E-state index is 5.33. The number of hydrogen-bond donors (Lipinski definition) is 1. The minimum Gasteiger partial charge on any atom is -0.497 e. The summed E-state index contributed by atoms with van der Waals surface area (Å²) in [5.74, 6) is 2.55. The van der Waals surface area contributed by atoms with E-state index in [0.29, 0.717) is 6.04 Å². The number of rotatable bonds is 6. The van der Waals surface area contributed by atoms with Crippen molar-refractivity contribution in [2.24, 2.45) is 0 Å². The molecule has 0 aliphatic carbocycles. The Morgan fingerprint density at radius 3 is 2.38 bits per heavy atom. The molecule has 1 aromatic carbocycles. The molecule has 1 aliphatic rings. The molecule has 0 unspecified atom stereocenters. The van der Waals surface area contributed by atoms with Gasteiger partial charge in [0.15, 0.2) is 0 Å². The lowest BCUT2D eigenvalue weighted by Crippen LogP contribution is -2.39. The molecular weight excluding hydrogens is 324 g/mol. The van der Waals surface area contributed by atoms with Gasteiger partial charge >= 0.3 is 0 Å². The Kier molecular flexibility index (Phi) is 5.40. The first-order valence-corrected chi connectivity index (χ1v) is 9.06. The Hall–Kier alpha value is -2.02. The highest BCUT2D eigenvalue weighted by atomic mass is 32.1. The molecule has 0 spiro atoms. The molecule has 3 rings (SSSR count). The second kappa shape index (κ2) is 7.70. The molecule has 1 fully saturated rings. The molecule has 130 valence electrons. The lowest BCUT2D eigenvalue weighted by molar-refractivity contribution is 0.394. The number of nitrogens with zero attached hydrogens (tertiary/aromatic N) is 3. The van der Waals surface area contributed by atoms with Gasteiger partial charge in [0.05, 0.1) is 14.2 Å². The van der Waals surface area contributed by atoms with Crippen LogP contribution in [0, 0.1) is 0 Å². The zero-order valence-electron chi connectivity index (χ0n) is 14.4. The normalized spacial score (nSPS) is 15.4. The molecule has 0 atom stereocenters. The minimum absolute atomic E-state index is 0.441. The fraction of sp³-hybridized carbons (Fsp3) is 0.529. The summed E-state index contributed by atoms with van der Waals surface area (Å²) >= 11 is 1.51. The quantitative estimate of drug-likeness (QED) is 0.865. The van der Waals surface area contributed by atoms with E-state index in [1.807, 2.05) is 18.2 Å². The van der Waals surface area contributed by atoms with Gasteiger partial charge in [0.1, 0.15) is 17.3 Å². The highest BCUT2D eigenvalue weighted by Crippen LogP contribution is 2.28. The van der Waals surface area contributed by atoms with Crippen LogP contribution in [0.4, 0.5) is 10.8 Å². The molecule has 1 aliphatic heterocycles. The molecule has 0 bridgehead atoms. The Balaban J connectivity index is 1.59. The molecule has 1 N–H and O–H groups in total. The third-order valence-electron chi connectivity index (χ3n) is 4.26. The summed E-state index contributed by atoms with van der Waals surface area (Å²) in [5.41, 5.74) is 1.04. The lowest BCUT2D eigenvalue weighted by Gasteiger charge is -2.32. The van der Waals surface area contributed by atoms with Crippen molar-refractivity contribution in [1.29, 1.82) is 0 Å². The predicted octanol–water partition coefficient (Wildman–Crippen LogP) is 3.20. The smallest absolute Gasteiger partial charge is 0.205 e. The van der Waals surface area contributed by atoms with Crippen LogP contribution in [0.15, 0.2) is 18.2 Å². The fourth-order valence-corrected chi connectivity index (χ4v) is 3.66. The van der Waals surface area contributed by atoms with Gasteiger partial charge in [-0.1, -0.05) is 6.92 Å². The summed E-state index contributed by atoms with van der Waals surface area (Å²) in [5, 5.41) is 4.65. The van der Waals surface area contributed by atoms with Crippen LogP contribution < -0.4 is 19.7 Å². The summed E-state index contributed by atoms with van der Waals surface area (Å²) in [4.78, 5) is 6.92. The van der Waals surface area contributed by atoms with Gasteiger partial charge < -0.3 is 19.7 Å². The molecule has 0 saturated carbocycles. The highest BCUT2D eigenvalue weighted by Gasteiger charge is 2.22. The Morgan fingerprint density at radius 2 is 1.83 bits per heavy atom. The van der Waals surface area contributed by atoms with Crippen LogP contribution in [0.1, 0.15) is 25.6 Å². The standard InChI is InChI=1S/C17H24N4O2S/c1-4-16-19-17(24-20-16)21-7-5-12(6-8-21)18-13-9-14(22-2)11-15(10-13)23-3/h9-12,18H,4-8H2,1-3H3. The predicted molar refractivity (Wildman–Crippen MR) is 97.7 cm³/mol. The van der Waals surface area contributed by atoms with E-state index in [2.05, 4.69) is 26.5 Å². The van der Waals surface area contributed by atoms with E-state index in [1.165, 1.54) is 11.5 Å². The second-order valence-corrected chi connectivity index (χ2v) is 6.58. The van der Waals surface area contributed by atoms with Gasteiger partial charge in [-0.2, -0.15) is 4.37 Å². The number of ether oxygens (including phenoxy) is 2. The van der Waals surface area contributed by atoms with Gasteiger partial charge in [0.2, 0.25) is 5.13 Å². The summed E-state index contributed by atoms with van der Waals surface area (Å²) in [6, 6.07) is 6.34. The first kappa shape index (κ1) is 16.8. The van der Waals surface area contributed by atoms with Crippen LogP contribution in [-0.4, -0.2) is 42.7 Å². The molecule has 2 aromatic rings. The summed E-state index contributed by atoms with van der Waals surface area (Å²) in [7, 11) is 3.34. The highest BCUT2D eigenvalue weighted by molar-refractivity contribution is 7.09. The molecule has 2 heterocycles. The summed E-state index contributed by atoms with van der Waals surface area (Å²) in [6.07, 6.45) is 3.04. The monoisotopic (exact) mass is 348 g/mol. The number of aromatic nitrogens is 2. The van der Waals surface area contributed by atoms with Crippen LogP contribution >= 0.6 is 11.5 Å². The maximum absolute atomic E-state index is 5.33. The number of aryl methyl sites for hydroxylation is 1. The van der Waals surface area contributed by atoms with Crippen LogP contribution in [0.3, 0.4) is 0 Å². The summed E-state index contributed by atoms with van der Waals surface area (Å²) in [6.45, 7) is 4.08. The van der Waals surface area contributed by atoms with E-state index < -0.39 is 0 Å². The molecule has 7 heteroatoms. The first-order chi connectivity index (χ1) is 11.7. The lowest BCUT2D eigenvalue weighted by atomic mass is 10.0. The molecular formula is C17H24N4O2S. The maximum Gasteiger partial charge on any atom is 0.205 e. The number of benzene rings is 1. The van der Waals surface area contributed by atoms with Gasteiger partial charge in [0.25, 0.3) is 0 Å². The van der Waals surface area contributed by atoms with E-state index in [9.17, 15) is 0 Å². The van der Waals surface area contributed by atoms with Crippen LogP contribution in [0.2, 0.25) is 0 Å². The van der Waals surface area contributed by atoms with Gasteiger partial charge in [-0.3, -0.25) is 0 Å². The Bertz CT molecular complexity index is 646. The third-order valence-corrected chi connectivity index (χ3v) is 5.08. The summed E-state index contributed by atoms with van der Waals surface area (Å²) < 4.78 is 15.0. The molecule has 1 aromatic heterocycles. The molecule has 6 nitrogen and oxygen atoms in total. The Labute approximate surface area is 147 Å². The number of hydrogen-bond acceptors (Lipinski definition) is 7. The van der Waals surface area contributed by atoms with E-state index in [1.54, 1.807) is 14.2 Å². The molecule has 0 amide bonds. The zero-order valence-corrected chi connectivity index (χ0v) is 15.2.